The van der Waals surface area contributed by atoms with Crippen LogP contribution in [0, 0.1) is 0 Å². The number of carbonyl (C=O) groups excluding carboxylic acids is 2. The first kappa shape index (κ1) is 19.1. The van der Waals surface area contributed by atoms with E-state index < -0.39 is 5.97 Å². The van der Waals surface area contributed by atoms with Crippen molar-refractivity contribution in [3.05, 3.63) is 69.7 Å². The maximum atomic E-state index is 12.1. The highest BCUT2D eigenvalue weighted by molar-refractivity contribution is 9.10. The van der Waals surface area contributed by atoms with Crippen LogP contribution in [-0.4, -0.2) is 25.6 Å². The zero-order valence-electron chi connectivity index (χ0n) is 14.1. The van der Waals surface area contributed by atoms with Gasteiger partial charge in [0.2, 0.25) is 0 Å². The Balaban J connectivity index is 1.85. The van der Waals surface area contributed by atoms with Gasteiger partial charge in [-0.3, -0.25) is 4.79 Å². The van der Waals surface area contributed by atoms with Gasteiger partial charge in [0.25, 0.3) is 5.91 Å². The van der Waals surface area contributed by atoms with Crippen molar-refractivity contribution in [3.63, 3.8) is 0 Å². The average Bonchev–Trinajstić information content (AvgIpc) is 2.60. The summed E-state index contributed by atoms with van der Waals surface area (Å²) in [6.45, 7) is 1.96. The van der Waals surface area contributed by atoms with Crippen molar-refractivity contribution in [3.8, 4) is 0 Å². The Kier molecular flexibility index (Phi) is 7.16. The normalized spacial score (nSPS) is 11.6. The maximum absolute atomic E-state index is 12.1. The molecule has 2 rings (SSSR count). The summed E-state index contributed by atoms with van der Waals surface area (Å²) in [6, 6.07) is 14.4. The molecule has 0 saturated carbocycles. The fourth-order valence-corrected chi connectivity index (χ4v) is 2.55. The number of hydrogen-bond acceptors (Lipinski definition) is 4. The van der Waals surface area contributed by atoms with Crippen LogP contribution in [-0.2, 0) is 20.9 Å². The topological polar surface area (TPSA) is 64.6 Å². The lowest BCUT2D eigenvalue weighted by molar-refractivity contribution is -0.124. The minimum atomic E-state index is -0.538. The lowest BCUT2D eigenvalue weighted by Crippen LogP contribution is -2.31. The van der Waals surface area contributed by atoms with E-state index in [0.29, 0.717) is 12.2 Å². The number of amides is 1. The van der Waals surface area contributed by atoms with E-state index in [1.165, 1.54) is 0 Å². The first-order chi connectivity index (χ1) is 12.0. The van der Waals surface area contributed by atoms with Crippen LogP contribution in [0.2, 0.25) is 0 Å². The van der Waals surface area contributed by atoms with Gasteiger partial charge in [-0.25, -0.2) is 4.79 Å². The van der Waals surface area contributed by atoms with Gasteiger partial charge < -0.3 is 14.8 Å². The first-order valence-electron chi connectivity index (χ1n) is 7.79. The highest BCUT2D eigenvalue weighted by atomic mass is 79.9. The quantitative estimate of drug-likeness (QED) is 0.714. The van der Waals surface area contributed by atoms with Crippen molar-refractivity contribution in [1.29, 1.82) is 0 Å². The van der Waals surface area contributed by atoms with E-state index in [2.05, 4.69) is 21.2 Å². The van der Waals surface area contributed by atoms with Crippen LogP contribution in [0.15, 0.2) is 53.0 Å². The predicted molar refractivity (Wildman–Crippen MR) is 98.1 cm³/mol. The van der Waals surface area contributed by atoms with E-state index in [4.69, 9.17) is 9.47 Å². The lowest BCUT2D eigenvalue weighted by Gasteiger charge is -2.14. The Bertz CT molecular complexity index is 730. The Morgan fingerprint density at radius 3 is 2.56 bits per heavy atom. The minimum Gasteiger partial charge on any atom is -0.452 e. The number of benzene rings is 2. The second kappa shape index (κ2) is 9.34. The van der Waals surface area contributed by atoms with Crippen LogP contribution in [0.3, 0.4) is 0 Å². The predicted octanol–water partition coefficient (Wildman–Crippen LogP) is 3.63. The molecule has 25 heavy (non-hydrogen) atoms. The molecule has 132 valence electrons. The summed E-state index contributed by atoms with van der Waals surface area (Å²) >= 11 is 3.37. The van der Waals surface area contributed by atoms with Gasteiger partial charge in [0.15, 0.2) is 6.61 Å². The van der Waals surface area contributed by atoms with Crippen molar-refractivity contribution < 1.29 is 19.1 Å². The van der Waals surface area contributed by atoms with Gasteiger partial charge in [-0.05, 0) is 42.3 Å². The molecule has 0 aromatic heterocycles. The zero-order valence-corrected chi connectivity index (χ0v) is 15.7. The number of nitrogens with one attached hydrogen (secondary N) is 1. The molecule has 0 unspecified atom stereocenters. The van der Waals surface area contributed by atoms with Crippen LogP contribution in [0.4, 0.5) is 0 Å². The molecule has 6 heteroatoms. The third kappa shape index (κ3) is 5.99. The Hall–Kier alpha value is -2.18. The second-order valence-corrected chi connectivity index (χ2v) is 6.47. The number of methoxy groups -OCH3 is 1. The molecular formula is C19H20BrNO4. The molecule has 1 N–H and O–H groups in total. The highest BCUT2D eigenvalue weighted by Crippen LogP contribution is 2.16. The van der Waals surface area contributed by atoms with Gasteiger partial charge in [0, 0.05) is 11.6 Å². The molecule has 0 aliphatic rings. The maximum Gasteiger partial charge on any atom is 0.338 e. The van der Waals surface area contributed by atoms with Gasteiger partial charge in [-0.2, -0.15) is 0 Å². The van der Waals surface area contributed by atoms with Crippen molar-refractivity contribution in [2.75, 3.05) is 13.7 Å². The first-order valence-corrected chi connectivity index (χ1v) is 8.58. The fourth-order valence-electron chi connectivity index (χ4n) is 2.29. The molecule has 2 aromatic carbocycles. The number of ether oxygens (including phenoxy) is 2. The summed E-state index contributed by atoms with van der Waals surface area (Å²) < 4.78 is 11.1. The smallest absolute Gasteiger partial charge is 0.338 e. The molecule has 0 spiro atoms. The Labute approximate surface area is 155 Å². The van der Waals surface area contributed by atoms with Gasteiger partial charge >= 0.3 is 5.97 Å². The van der Waals surface area contributed by atoms with Crippen LogP contribution in [0.1, 0.15) is 34.5 Å². The van der Waals surface area contributed by atoms with Crippen LogP contribution < -0.4 is 5.32 Å². The van der Waals surface area contributed by atoms with Crippen LogP contribution in [0.25, 0.3) is 0 Å². The second-order valence-electron chi connectivity index (χ2n) is 5.55. The van der Waals surface area contributed by atoms with E-state index in [9.17, 15) is 9.59 Å². The summed E-state index contributed by atoms with van der Waals surface area (Å²) in [6.07, 6.45) is 0. The highest BCUT2D eigenvalue weighted by Gasteiger charge is 2.13. The Morgan fingerprint density at radius 2 is 1.88 bits per heavy atom. The number of rotatable bonds is 7. The van der Waals surface area contributed by atoms with Crippen molar-refractivity contribution in [1.82, 2.24) is 5.32 Å². The third-order valence-electron chi connectivity index (χ3n) is 3.56. The molecule has 0 aliphatic carbocycles. The molecule has 2 aromatic rings. The Morgan fingerprint density at radius 1 is 1.16 bits per heavy atom. The summed E-state index contributed by atoms with van der Waals surface area (Å²) in [5, 5.41) is 2.80. The van der Waals surface area contributed by atoms with E-state index in [-0.39, 0.29) is 18.6 Å². The van der Waals surface area contributed by atoms with E-state index >= 15 is 0 Å². The lowest BCUT2D eigenvalue weighted by atomic mass is 10.1. The molecule has 0 heterocycles. The SMILES string of the molecule is COCc1cccc(C(=O)OCC(=O)N[C@H](C)c2ccc(Br)cc2)c1. The number of carbonyl (C=O) groups is 2. The van der Waals surface area contributed by atoms with E-state index in [1.54, 1.807) is 25.3 Å². The van der Waals surface area contributed by atoms with Crippen molar-refractivity contribution >= 4 is 27.8 Å². The number of esters is 1. The number of halogens is 1. The largest absolute Gasteiger partial charge is 0.452 e. The molecule has 5 nitrogen and oxygen atoms in total. The van der Waals surface area contributed by atoms with Crippen molar-refractivity contribution in [2.45, 2.75) is 19.6 Å². The molecule has 1 atom stereocenters. The molecule has 0 radical (unpaired) electrons. The molecule has 0 aliphatic heterocycles. The van der Waals surface area contributed by atoms with E-state index in [0.717, 1.165) is 15.6 Å². The zero-order chi connectivity index (χ0) is 18.2. The van der Waals surface area contributed by atoms with Gasteiger partial charge in [0.1, 0.15) is 0 Å². The molecular weight excluding hydrogens is 386 g/mol. The molecule has 0 bridgehead atoms. The monoisotopic (exact) mass is 405 g/mol. The van der Waals surface area contributed by atoms with Crippen LogP contribution >= 0.6 is 15.9 Å². The third-order valence-corrected chi connectivity index (χ3v) is 4.08. The molecule has 1 amide bonds. The summed E-state index contributed by atoms with van der Waals surface area (Å²) in [7, 11) is 1.59. The molecule has 0 fully saturated rings. The standard InChI is InChI=1S/C19H20BrNO4/c1-13(15-6-8-17(20)9-7-15)21-18(22)12-25-19(23)16-5-3-4-14(10-16)11-24-2/h3-10,13H,11-12H2,1-2H3,(H,21,22)/t13-/m1/s1. The molecule has 0 saturated heterocycles. The summed E-state index contributed by atoms with van der Waals surface area (Å²) in [5.74, 6) is -0.888. The van der Waals surface area contributed by atoms with Gasteiger partial charge in [-0.1, -0.05) is 40.2 Å². The minimum absolute atomic E-state index is 0.177. The summed E-state index contributed by atoms with van der Waals surface area (Å²) in [4.78, 5) is 24.0. The van der Waals surface area contributed by atoms with Crippen molar-refractivity contribution in [2.24, 2.45) is 0 Å². The fraction of sp³-hybridized carbons (Fsp3) is 0.263. The average molecular weight is 406 g/mol. The van der Waals surface area contributed by atoms with E-state index in [1.807, 2.05) is 37.3 Å². The van der Waals surface area contributed by atoms with Crippen LogP contribution in [0.5, 0.6) is 0 Å². The number of hydrogen-bond donors (Lipinski definition) is 1. The van der Waals surface area contributed by atoms with Gasteiger partial charge in [0.05, 0.1) is 18.2 Å². The summed E-state index contributed by atoms with van der Waals surface area (Å²) in [5.41, 5.74) is 2.23. The van der Waals surface area contributed by atoms with Gasteiger partial charge in [-0.15, -0.1) is 0 Å².